The number of nitrogens with one attached hydrogen (secondary N) is 2. The molecule has 0 saturated carbocycles. The van der Waals surface area contributed by atoms with Crippen LogP contribution in [0.25, 0.3) is 10.9 Å². The Kier molecular flexibility index (Phi) is 3.24. The Morgan fingerprint density at radius 3 is 3.05 bits per heavy atom. The Labute approximate surface area is 130 Å². The molecule has 0 unspecified atom stereocenters. The van der Waals surface area contributed by atoms with Gasteiger partial charge < -0.3 is 5.32 Å². The molecule has 1 aromatic carbocycles. The molecule has 22 heavy (non-hydrogen) atoms. The molecule has 4 aromatic rings. The number of aromatic amines is 1. The van der Waals surface area contributed by atoms with Crippen molar-refractivity contribution >= 4 is 33.1 Å². The maximum atomic E-state index is 4.30. The van der Waals surface area contributed by atoms with Gasteiger partial charge in [-0.25, -0.2) is 0 Å². The van der Waals surface area contributed by atoms with Crippen LogP contribution in [0.3, 0.4) is 0 Å². The largest absolute Gasteiger partial charge is 0.330 e. The molecule has 7 heteroatoms. The first-order valence-corrected chi connectivity index (χ1v) is 7.61. The Hall–Kier alpha value is -2.80. The second kappa shape index (κ2) is 5.53. The van der Waals surface area contributed by atoms with Gasteiger partial charge in [0.05, 0.1) is 11.7 Å². The zero-order valence-electron chi connectivity index (χ0n) is 11.5. The van der Waals surface area contributed by atoms with Crippen LogP contribution in [0.15, 0.2) is 48.8 Å². The van der Waals surface area contributed by atoms with E-state index in [-0.39, 0.29) is 0 Å². The van der Waals surface area contributed by atoms with Crippen LogP contribution in [0, 0.1) is 0 Å². The number of rotatable bonds is 4. The average Bonchev–Trinajstić information content (AvgIpc) is 3.17. The van der Waals surface area contributed by atoms with E-state index in [4.69, 9.17) is 0 Å². The lowest BCUT2D eigenvalue weighted by molar-refractivity contribution is 0.978. The second-order valence-electron chi connectivity index (χ2n) is 4.80. The quantitative estimate of drug-likeness (QED) is 0.605. The third kappa shape index (κ3) is 2.66. The minimum atomic E-state index is 0.695. The average molecular weight is 308 g/mol. The highest BCUT2D eigenvalue weighted by molar-refractivity contribution is 7.15. The maximum absolute atomic E-state index is 4.30. The van der Waals surface area contributed by atoms with E-state index in [0.717, 1.165) is 32.4 Å². The van der Waals surface area contributed by atoms with Gasteiger partial charge in [0.15, 0.2) is 0 Å². The molecular weight excluding hydrogens is 296 g/mol. The van der Waals surface area contributed by atoms with Crippen molar-refractivity contribution in [2.45, 2.75) is 6.42 Å². The van der Waals surface area contributed by atoms with E-state index < -0.39 is 0 Å². The van der Waals surface area contributed by atoms with Gasteiger partial charge in [-0.3, -0.25) is 10.1 Å². The zero-order chi connectivity index (χ0) is 14.8. The summed E-state index contributed by atoms with van der Waals surface area (Å²) in [5.41, 5.74) is 2.97. The number of fused-ring (bicyclic) bond motifs is 1. The number of H-pyrrole nitrogens is 1. The number of hydrogen-bond acceptors (Lipinski definition) is 6. The fourth-order valence-corrected chi connectivity index (χ4v) is 2.95. The molecule has 6 nitrogen and oxygen atoms in total. The van der Waals surface area contributed by atoms with Crippen LogP contribution in [0.5, 0.6) is 0 Å². The number of aromatic nitrogens is 5. The number of anilines is 2. The first-order valence-electron chi connectivity index (χ1n) is 6.79. The molecule has 0 spiro atoms. The van der Waals surface area contributed by atoms with Crippen molar-refractivity contribution < 1.29 is 0 Å². The standard InChI is InChI=1S/C15H12N6S/c1-2-6-16-11(3-1)8-14-20-21-15(22-14)18-12-4-5-13-10(7-12)9-17-19-13/h1-7,9H,8H2,(H,17,19)(H,18,21). The van der Waals surface area contributed by atoms with E-state index >= 15 is 0 Å². The molecular formula is C15H12N6S. The Balaban J connectivity index is 1.51. The minimum absolute atomic E-state index is 0.695. The third-order valence-corrected chi connectivity index (χ3v) is 4.06. The SMILES string of the molecule is c1ccc(Cc2nnc(Nc3ccc4[nH]ncc4c3)s2)nc1. The molecule has 0 fully saturated rings. The van der Waals surface area contributed by atoms with Gasteiger partial charge in [0.1, 0.15) is 5.01 Å². The molecule has 0 aliphatic heterocycles. The van der Waals surface area contributed by atoms with Gasteiger partial charge in [-0.2, -0.15) is 5.10 Å². The molecule has 0 saturated heterocycles. The van der Waals surface area contributed by atoms with Crippen LogP contribution in [0.1, 0.15) is 10.7 Å². The van der Waals surface area contributed by atoms with Crippen LogP contribution >= 0.6 is 11.3 Å². The summed E-state index contributed by atoms with van der Waals surface area (Å²) in [6.45, 7) is 0. The van der Waals surface area contributed by atoms with Crippen molar-refractivity contribution in [1.82, 2.24) is 25.4 Å². The van der Waals surface area contributed by atoms with Crippen LogP contribution in [0.2, 0.25) is 0 Å². The predicted octanol–water partition coefficient (Wildman–Crippen LogP) is 3.14. The summed E-state index contributed by atoms with van der Waals surface area (Å²) in [5, 5.41) is 21.4. The highest BCUT2D eigenvalue weighted by Gasteiger charge is 2.06. The van der Waals surface area contributed by atoms with Crippen LogP contribution in [0.4, 0.5) is 10.8 Å². The van der Waals surface area contributed by atoms with Gasteiger partial charge in [0.2, 0.25) is 5.13 Å². The van der Waals surface area contributed by atoms with Crippen LogP contribution < -0.4 is 5.32 Å². The molecule has 2 N–H and O–H groups in total. The first-order chi connectivity index (χ1) is 10.9. The van der Waals surface area contributed by atoms with Crippen LogP contribution in [-0.2, 0) is 6.42 Å². The monoisotopic (exact) mass is 308 g/mol. The summed E-state index contributed by atoms with van der Waals surface area (Å²) >= 11 is 1.53. The molecule has 0 aliphatic carbocycles. The summed E-state index contributed by atoms with van der Waals surface area (Å²) in [6.07, 6.45) is 4.28. The molecule has 4 rings (SSSR count). The summed E-state index contributed by atoms with van der Waals surface area (Å²) in [6, 6.07) is 11.9. The normalized spacial score (nSPS) is 10.9. The van der Waals surface area contributed by atoms with Gasteiger partial charge >= 0.3 is 0 Å². The molecule has 0 bridgehead atoms. The zero-order valence-corrected chi connectivity index (χ0v) is 12.3. The number of pyridine rings is 1. The summed E-state index contributed by atoms with van der Waals surface area (Å²) in [4.78, 5) is 4.30. The highest BCUT2D eigenvalue weighted by Crippen LogP contribution is 2.24. The van der Waals surface area contributed by atoms with E-state index in [0.29, 0.717) is 6.42 Å². The summed E-state index contributed by atoms with van der Waals surface area (Å²) < 4.78 is 0. The molecule has 3 aromatic heterocycles. The molecule has 108 valence electrons. The summed E-state index contributed by atoms with van der Waals surface area (Å²) in [7, 11) is 0. The number of benzene rings is 1. The number of hydrogen-bond donors (Lipinski definition) is 2. The minimum Gasteiger partial charge on any atom is -0.330 e. The van der Waals surface area contributed by atoms with Crippen molar-refractivity contribution in [2.75, 3.05) is 5.32 Å². The van der Waals surface area contributed by atoms with Crippen molar-refractivity contribution in [2.24, 2.45) is 0 Å². The molecule has 3 heterocycles. The molecule has 0 radical (unpaired) electrons. The Morgan fingerprint density at radius 2 is 2.14 bits per heavy atom. The van der Waals surface area contributed by atoms with E-state index in [1.54, 1.807) is 12.4 Å². The van der Waals surface area contributed by atoms with Gasteiger partial charge in [0.25, 0.3) is 0 Å². The Morgan fingerprint density at radius 1 is 1.14 bits per heavy atom. The van der Waals surface area contributed by atoms with E-state index in [1.807, 2.05) is 36.4 Å². The molecule has 0 aliphatic rings. The lowest BCUT2D eigenvalue weighted by atomic mass is 10.2. The van der Waals surface area contributed by atoms with Crippen molar-refractivity contribution in [1.29, 1.82) is 0 Å². The van der Waals surface area contributed by atoms with Gasteiger partial charge in [0, 0.05) is 29.4 Å². The van der Waals surface area contributed by atoms with Gasteiger partial charge in [-0.05, 0) is 30.3 Å². The predicted molar refractivity (Wildman–Crippen MR) is 86.3 cm³/mol. The Bertz CT molecular complexity index is 898. The number of nitrogens with zero attached hydrogens (tertiary/aromatic N) is 4. The van der Waals surface area contributed by atoms with Crippen molar-refractivity contribution in [3.63, 3.8) is 0 Å². The van der Waals surface area contributed by atoms with Gasteiger partial charge in [-0.1, -0.05) is 17.4 Å². The first kappa shape index (κ1) is 12.9. The van der Waals surface area contributed by atoms with E-state index in [2.05, 4.69) is 30.7 Å². The lowest BCUT2D eigenvalue weighted by Crippen LogP contribution is -1.90. The topological polar surface area (TPSA) is 79.4 Å². The fourth-order valence-electron chi connectivity index (χ4n) is 2.18. The molecule has 0 atom stereocenters. The fraction of sp³-hybridized carbons (Fsp3) is 0.0667. The third-order valence-electron chi connectivity index (χ3n) is 3.22. The van der Waals surface area contributed by atoms with Crippen LogP contribution in [-0.4, -0.2) is 25.4 Å². The van der Waals surface area contributed by atoms with Crippen molar-refractivity contribution in [3.8, 4) is 0 Å². The van der Waals surface area contributed by atoms with E-state index in [9.17, 15) is 0 Å². The van der Waals surface area contributed by atoms with Gasteiger partial charge in [-0.15, -0.1) is 10.2 Å². The molecule has 0 amide bonds. The maximum Gasteiger partial charge on any atom is 0.210 e. The lowest BCUT2D eigenvalue weighted by Gasteiger charge is -2.01. The van der Waals surface area contributed by atoms with Crippen molar-refractivity contribution in [3.05, 3.63) is 59.5 Å². The second-order valence-corrected chi connectivity index (χ2v) is 5.86. The summed E-state index contributed by atoms with van der Waals surface area (Å²) in [5.74, 6) is 0. The smallest absolute Gasteiger partial charge is 0.210 e. The highest BCUT2D eigenvalue weighted by atomic mass is 32.1. The van der Waals surface area contributed by atoms with E-state index in [1.165, 1.54) is 11.3 Å².